The molecule has 2 aromatic rings. The van der Waals surface area contributed by atoms with Gasteiger partial charge in [-0.15, -0.1) is 0 Å². The van der Waals surface area contributed by atoms with Crippen LogP contribution < -0.4 is 15.5 Å². The van der Waals surface area contributed by atoms with Crippen molar-refractivity contribution in [1.29, 1.82) is 0 Å². The van der Waals surface area contributed by atoms with Crippen molar-refractivity contribution in [3.05, 3.63) is 64.6 Å². The van der Waals surface area contributed by atoms with E-state index >= 15 is 0 Å². The van der Waals surface area contributed by atoms with Crippen LogP contribution in [0.1, 0.15) is 49.8 Å². The Labute approximate surface area is 198 Å². The van der Waals surface area contributed by atoms with E-state index < -0.39 is 30.2 Å². The van der Waals surface area contributed by atoms with Gasteiger partial charge in [0.1, 0.15) is 18.1 Å². The topological polar surface area (TPSA) is 81.8 Å². The van der Waals surface area contributed by atoms with Gasteiger partial charge in [-0.25, -0.2) is 14.1 Å². The van der Waals surface area contributed by atoms with E-state index in [1.54, 1.807) is 6.08 Å². The Morgan fingerprint density at radius 3 is 2.59 bits per heavy atom. The number of carbonyl (C=O) groups is 3. The number of imide groups is 1. The number of fused-ring (bicyclic) bond motifs is 1. The molecule has 0 bridgehead atoms. The van der Waals surface area contributed by atoms with Gasteiger partial charge in [0.2, 0.25) is 5.91 Å². The number of hydrogen-bond acceptors (Lipinski definition) is 4. The van der Waals surface area contributed by atoms with Gasteiger partial charge < -0.3 is 15.5 Å². The molecule has 1 saturated heterocycles. The van der Waals surface area contributed by atoms with Crippen molar-refractivity contribution in [2.45, 2.75) is 45.6 Å². The highest BCUT2D eigenvalue weighted by atomic mass is 19.1. The third kappa shape index (κ3) is 4.40. The van der Waals surface area contributed by atoms with Crippen molar-refractivity contribution < 1.29 is 18.8 Å². The van der Waals surface area contributed by atoms with E-state index in [1.165, 1.54) is 35.5 Å². The summed E-state index contributed by atoms with van der Waals surface area (Å²) in [6.45, 7) is 8.18. The number of halogens is 1. The van der Waals surface area contributed by atoms with Crippen LogP contribution in [0.4, 0.5) is 20.6 Å². The average Bonchev–Trinajstić information content (AvgIpc) is 3.02. The molecular weight excluding hydrogens is 435 g/mol. The molecule has 2 aromatic carbocycles. The second-order valence-electron chi connectivity index (χ2n) is 9.68. The number of rotatable bonds is 4. The van der Waals surface area contributed by atoms with Crippen LogP contribution in [0.2, 0.25) is 0 Å². The Hall–Kier alpha value is -3.68. The van der Waals surface area contributed by atoms with E-state index in [0.717, 1.165) is 22.4 Å². The SMILES string of the molecule is Cc1cc2c(cc1/C=C1/NC(=O)N(CC(=O)Nc3ccc(F)cc3)C1=O)C(C)CC(C)(C)N2C. The molecule has 0 saturated carbocycles. The minimum absolute atomic E-state index is 0.0449. The summed E-state index contributed by atoms with van der Waals surface area (Å²) in [5.74, 6) is -1.20. The number of aryl methyl sites for hydroxylation is 1. The maximum absolute atomic E-state index is 13.0. The van der Waals surface area contributed by atoms with Crippen molar-refractivity contribution in [3.63, 3.8) is 0 Å². The van der Waals surface area contributed by atoms with Gasteiger partial charge in [0.15, 0.2) is 0 Å². The number of anilines is 2. The Bertz CT molecular complexity index is 1200. The van der Waals surface area contributed by atoms with Gasteiger partial charge in [0, 0.05) is 24.0 Å². The van der Waals surface area contributed by atoms with Crippen molar-refractivity contribution in [1.82, 2.24) is 10.2 Å². The lowest BCUT2D eigenvalue weighted by molar-refractivity contribution is -0.127. The summed E-state index contributed by atoms with van der Waals surface area (Å²) >= 11 is 0. The Kier molecular flexibility index (Phi) is 5.93. The molecule has 2 aliphatic rings. The minimum atomic E-state index is -0.657. The zero-order valence-electron chi connectivity index (χ0n) is 20.0. The van der Waals surface area contributed by atoms with Crippen LogP contribution in [0.5, 0.6) is 0 Å². The molecule has 1 atom stereocenters. The van der Waals surface area contributed by atoms with Crippen LogP contribution >= 0.6 is 0 Å². The molecule has 0 radical (unpaired) electrons. The predicted octanol–water partition coefficient (Wildman–Crippen LogP) is 4.39. The molecule has 1 unspecified atom stereocenters. The third-order valence-corrected chi connectivity index (χ3v) is 6.71. The number of hydrogen-bond donors (Lipinski definition) is 2. The Morgan fingerprint density at radius 2 is 1.91 bits per heavy atom. The molecule has 0 spiro atoms. The molecule has 0 aromatic heterocycles. The van der Waals surface area contributed by atoms with E-state index in [1.807, 2.05) is 6.92 Å². The molecule has 2 aliphatic heterocycles. The van der Waals surface area contributed by atoms with Crippen LogP contribution in [0.25, 0.3) is 6.08 Å². The van der Waals surface area contributed by atoms with Crippen molar-refractivity contribution in [2.24, 2.45) is 0 Å². The van der Waals surface area contributed by atoms with Crippen LogP contribution in [-0.2, 0) is 9.59 Å². The molecule has 1 fully saturated rings. The molecule has 34 heavy (non-hydrogen) atoms. The Balaban J connectivity index is 1.54. The second-order valence-corrected chi connectivity index (χ2v) is 9.68. The zero-order chi connectivity index (χ0) is 24.8. The fourth-order valence-corrected chi connectivity index (χ4v) is 4.64. The summed E-state index contributed by atoms with van der Waals surface area (Å²) in [7, 11) is 2.10. The lowest BCUT2D eigenvalue weighted by Crippen LogP contribution is -2.45. The second kappa shape index (κ2) is 8.59. The Morgan fingerprint density at radius 1 is 1.24 bits per heavy atom. The first-order valence-electron chi connectivity index (χ1n) is 11.2. The molecule has 8 heteroatoms. The normalized spacial score (nSPS) is 20.4. The summed E-state index contributed by atoms with van der Waals surface area (Å²) in [4.78, 5) is 40.8. The van der Waals surface area contributed by atoms with Crippen molar-refractivity contribution >= 4 is 35.3 Å². The fourth-order valence-electron chi connectivity index (χ4n) is 4.64. The van der Waals surface area contributed by atoms with Crippen molar-refractivity contribution in [2.75, 3.05) is 23.8 Å². The smallest absolute Gasteiger partial charge is 0.329 e. The average molecular weight is 465 g/mol. The number of nitrogens with zero attached hydrogens (tertiary/aromatic N) is 2. The number of nitrogens with one attached hydrogen (secondary N) is 2. The van der Waals surface area contributed by atoms with E-state index in [4.69, 9.17) is 0 Å². The molecule has 2 heterocycles. The number of benzene rings is 2. The largest absolute Gasteiger partial charge is 0.369 e. The van der Waals surface area contributed by atoms with Crippen LogP contribution in [0.15, 0.2) is 42.1 Å². The maximum Gasteiger partial charge on any atom is 0.329 e. The lowest BCUT2D eigenvalue weighted by Gasteiger charge is -2.45. The standard InChI is InChI=1S/C26H29FN4O3/c1-15-10-22-20(16(2)13-26(3,4)30(22)5)11-17(15)12-21-24(33)31(25(34)29-21)14-23(32)28-19-8-6-18(27)7-9-19/h6-12,16H,13-14H2,1-5H3,(H,28,32)(H,29,34)/b21-12+. The van der Waals surface area contributed by atoms with Gasteiger partial charge in [-0.05, 0) is 92.3 Å². The summed E-state index contributed by atoms with van der Waals surface area (Å²) in [5, 5.41) is 5.13. The highest BCUT2D eigenvalue weighted by Gasteiger charge is 2.36. The van der Waals surface area contributed by atoms with E-state index in [-0.39, 0.29) is 11.2 Å². The fraction of sp³-hybridized carbons (Fsp3) is 0.346. The van der Waals surface area contributed by atoms with Gasteiger partial charge in [0.25, 0.3) is 5.91 Å². The first-order chi connectivity index (χ1) is 16.0. The highest BCUT2D eigenvalue weighted by molar-refractivity contribution is 6.16. The van der Waals surface area contributed by atoms with E-state index in [0.29, 0.717) is 11.6 Å². The summed E-state index contributed by atoms with van der Waals surface area (Å²) in [5.41, 5.74) is 4.75. The molecule has 4 amide bonds. The maximum atomic E-state index is 13.0. The zero-order valence-corrected chi connectivity index (χ0v) is 20.0. The highest BCUT2D eigenvalue weighted by Crippen LogP contribution is 2.43. The van der Waals surface area contributed by atoms with Gasteiger partial charge in [-0.1, -0.05) is 6.92 Å². The van der Waals surface area contributed by atoms with Crippen molar-refractivity contribution in [3.8, 4) is 0 Å². The van der Waals surface area contributed by atoms with Gasteiger partial charge >= 0.3 is 6.03 Å². The van der Waals surface area contributed by atoms with Crippen LogP contribution in [0.3, 0.4) is 0 Å². The van der Waals surface area contributed by atoms with E-state index in [2.05, 4.69) is 55.5 Å². The first kappa shape index (κ1) is 23.5. The lowest BCUT2D eigenvalue weighted by atomic mass is 9.79. The van der Waals surface area contributed by atoms with E-state index in [9.17, 15) is 18.8 Å². The van der Waals surface area contributed by atoms with Gasteiger partial charge in [-0.2, -0.15) is 0 Å². The van der Waals surface area contributed by atoms with Gasteiger partial charge in [-0.3, -0.25) is 9.59 Å². The monoisotopic (exact) mass is 464 g/mol. The molecule has 4 rings (SSSR count). The predicted molar refractivity (Wildman–Crippen MR) is 130 cm³/mol. The summed E-state index contributed by atoms with van der Waals surface area (Å²) in [6, 6.07) is 8.78. The molecule has 0 aliphatic carbocycles. The molecular formula is C26H29FN4O3. The molecule has 2 N–H and O–H groups in total. The van der Waals surface area contributed by atoms with Crippen LogP contribution in [-0.4, -0.2) is 41.9 Å². The number of urea groups is 1. The first-order valence-corrected chi connectivity index (χ1v) is 11.2. The van der Waals surface area contributed by atoms with Gasteiger partial charge in [0.05, 0.1) is 0 Å². The number of amides is 4. The number of carbonyl (C=O) groups excluding carboxylic acids is 3. The van der Waals surface area contributed by atoms with Crippen LogP contribution in [0, 0.1) is 12.7 Å². The summed E-state index contributed by atoms with van der Waals surface area (Å²) in [6.07, 6.45) is 2.67. The minimum Gasteiger partial charge on any atom is -0.369 e. The molecule has 7 nitrogen and oxygen atoms in total. The molecule has 178 valence electrons. The third-order valence-electron chi connectivity index (χ3n) is 6.71. The summed E-state index contributed by atoms with van der Waals surface area (Å²) < 4.78 is 13.0. The quantitative estimate of drug-likeness (QED) is 0.520.